The maximum Gasteiger partial charge on any atom is 0.326 e. The topological polar surface area (TPSA) is 116 Å². The van der Waals surface area contributed by atoms with Gasteiger partial charge in [0.1, 0.15) is 6.04 Å². The average molecular weight is 286 g/mol. The highest BCUT2D eigenvalue weighted by molar-refractivity contribution is 7.18. The van der Waals surface area contributed by atoms with Crippen LogP contribution in [-0.2, 0) is 9.59 Å². The molecule has 0 saturated heterocycles. The third-order valence-corrected chi connectivity index (χ3v) is 3.15. The van der Waals surface area contributed by atoms with Crippen molar-refractivity contribution in [2.24, 2.45) is 0 Å². The minimum atomic E-state index is -1.21. The van der Waals surface area contributed by atoms with Crippen LogP contribution < -0.4 is 10.6 Å². The number of carbonyl (C=O) groups is 3. The lowest BCUT2D eigenvalue weighted by atomic mass is 10.2. The molecule has 1 aromatic heterocycles. The van der Waals surface area contributed by atoms with Crippen LogP contribution in [-0.4, -0.2) is 40.6 Å². The third-order valence-electron chi connectivity index (χ3n) is 2.15. The van der Waals surface area contributed by atoms with E-state index >= 15 is 0 Å². The molecule has 1 rings (SSSR count). The van der Waals surface area contributed by atoms with Crippen molar-refractivity contribution in [1.82, 2.24) is 5.32 Å². The number of carbonyl (C=O) groups excluding carboxylic acids is 2. The van der Waals surface area contributed by atoms with Gasteiger partial charge in [0.15, 0.2) is 0 Å². The molecule has 0 spiro atoms. The third kappa shape index (κ3) is 4.68. The summed E-state index contributed by atoms with van der Waals surface area (Å²) in [7, 11) is 0. The molecule has 0 bridgehead atoms. The predicted molar refractivity (Wildman–Crippen MR) is 69.2 cm³/mol. The molecule has 7 nitrogen and oxygen atoms in total. The van der Waals surface area contributed by atoms with E-state index < -0.39 is 17.9 Å². The molecule has 104 valence electrons. The molecule has 1 heterocycles. The van der Waals surface area contributed by atoms with Crippen molar-refractivity contribution in [3.63, 3.8) is 0 Å². The molecular weight excluding hydrogens is 272 g/mol. The molecule has 0 fully saturated rings. The maximum absolute atomic E-state index is 11.8. The molecule has 0 aliphatic heterocycles. The number of hydrogen-bond donors (Lipinski definition) is 4. The highest BCUT2D eigenvalue weighted by Crippen LogP contribution is 2.21. The fourth-order valence-electron chi connectivity index (χ4n) is 1.32. The summed E-state index contributed by atoms with van der Waals surface area (Å²) in [5, 5.41) is 22.9. The summed E-state index contributed by atoms with van der Waals surface area (Å²) in [5.74, 6) is -2.01. The van der Waals surface area contributed by atoms with Crippen LogP contribution in [0.5, 0.6) is 0 Å². The molecule has 8 heteroatoms. The first kappa shape index (κ1) is 15.1. The van der Waals surface area contributed by atoms with Crippen LogP contribution in [0.4, 0.5) is 5.00 Å². The van der Waals surface area contributed by atoms with Crippen molar-refractivity contribution in [3.8, 4) is 0 Å². The van der Waals surface area contributed by atoms with Gasteiger partial charge in [0.2, 0.25) is 5.91 Å². The van der Waals surface area contributed by atoms with Crippen LogP contribution in [0.15, 0.2) is 12.1 Å². The molecule has 0 aliphatic carbocycles. The summed E-state index contributed by atoms with van der Waals surface area (Å²) < 4.78 is 0. The highest BCUT2D eigenvalue weighted by Gasteiger charge is 2.20. The van der Waals surface area contributed by atoms with Crippen LogP contribution in [0.2, 0.25) is 0 Å². The number of amides is 2. The first-order valence-electron chi connectivity index (χ1n) is 5.46. The average Bonchev–Trinajstić information content (AvgIpc) is 2.75. The Kier molecular flexibility index (Phi) is 5.46. The molecule has 1 atom stereocenters. The first-order valence-corrected chi connectivity index (χ1v) is 6.27. The molecule has 4 N–H and O–H groups in total. The molecule has 1 aromatic rings. The first-order chi connectivity index (χ1) is 8.93. The zero-order chi connectivity index (χ0) is 14.4. The van der Waals surface area contributed by atoms with Gasteiger partial charge < -0.3 is 20.8 Å². The van der Waals surface area contributed by atoms with Crippen molar-refractivity contribution in [2.75, 3.05) is 11.9 Å². The normalized spacial score (nSPS) is 11.7. The lowest BCUT2D eigenvalue weighted by Crippen LogP contribution is -2.41. The van der Waals surface area contributed by atoms with Crippen molar-refractivity contribution in [1.29, 1.82) is 0 Å². The zero-order valence-corrected chi connectivity index (χ0v) is 11.0. The molecular formula is C11H14N2O5S. The fourth-order valence-corrected chi connectivity index (χ4v) is 2.17. The SMILES string of the molecule is CC(=O)Nc1ccc(C(=O)N[C@@H](CCO)C(=O)O)s1. The van der Waals surface area contributed by atoms with Gasteiger partial charge >= 0.3 is 5.97 Å². The van der Waals surface area contributed by atoms with E-state index in [-0.39, 0.29) is 23.8 Å². The smallest absolute Gasteiger partial charge is 0.326 e. The number of carboxylic acids is 1. The Bertz CT molecular complexity index is 485. The van der Waals surface area contributed by atoms with Gasteiger partial charge in [-0.15, -0.1) is 11.3 Å². The second-order valence-electron chi connectivity index (χ2n) is 3.72. The van der Waals surface area contributed by atoms with Gasteiger partial charge in [-0.3, -0.25) is 9.59 Å². The monoisotopic (exact) mass is 286 g/mol. The summed E-state index contributed by atoms with van der Waals surface area (Å²) in [6.45, 7) is 1.01. The summed E-state index contributed by atoms with van der Waals surface area (Å²) >= 11 is 1.04. The maximum atomic E-state index is 11.8. The minimum Gasteiger partial charge on any atom is -0.480 e. The molecule has 0 saturated carbocycles. The minimum absolute atomic E-state index is 0.0645. The number of aliphatic hydroxyl groups excluding tert-OH is 1. The Labute approximate surface area is 113 Å². The van der Waals surface area contributed by atoms with E-state index in [0.717, 1.165) is 11.3 Å². The molecule has 0 aliphatic rings. The van der Waals surface area contributed by atoms with Crippen LogP contribution in [0, 0.1) is 0 Å². The zero-order valence-electron chi connectivity index (χ0n) is 10.2. The van der Waals surface area contributed by atoms with E-state index in [2.05, 4.69) is 10.6 Å². The Morgan fingerprint density at radius 1 is 1.37 bits per heavy atom. The van der Waals surface area contributed by atoms with E-state index in [1.54, 1.807) is 6.07 Å². The van der Waals surface area contributed by atoms with Crippen molar-refractivity contribution in [2.45, 2.75) is 19.4 Å². The molecule has 0 aromatic carbocycles. The predicted octanol–water partition coefficient (Wildman–Crippen LogP) is 0.272. The van der Waals surface area contributed by atoms with Crippen LogP contribution in [0.3, 0.4) is 0 Å². The number of anilines is 1. The Balaban J connectivity index is 2.69. The van der Waals surface area contributed by atoms with E-state index in [9.17, 15) is 14.4 Å². The lowest BCUT2D eigenvalue weighted by Gasteiger charge is -2.12. The number of thiophene rings is 1. The number of hydrogen-bond acceptors (Lipinski definition) is 5. The Morgan fingerprint density at radius 2 is 2.05 bits per heavy atom. The summed E-state index contributed by atoms with van der Waals surface area (Å²) in [6, 6.07) is 1.91. The second-order valence-corrected chi connectivity index (χ2v) is 4.81. The van der Waals surface area contributed by atoms with Crippen molar-refractivity contribution in [3.05, 3.63) is 17.0 Å². The van der Waals surface area contributed by atoms with Gasteiger partial charge in [-0.1, -0.05) is 0 Å². The molecule has 0 radical (unpaired) electrons. The largest absolute Gasteiger partial charge is 0.480 e. The van der Waals surface area contributed by atoms with Gasteiger partial charge in [-0.2, -0.15) is 0 Å². The van der Waals surface area contributed by atoms with Gasteiger partial charge in [0.25, 0.3) is 5.91 Å². The summed E-state index contributed by atoms with van der Waals surface area (Å²) in [4.78, 5) is 33.7. The van der Waals surface area contributed by atoms with Gasteiger partial charge in [-0.25, -0.2) is 4.79 Å². The van der Waals surface area contributed by atoms with Gasteiger partial charge in [-0.05, 0) is 12.1 Å². The van der Waals surface area contributed by atoms with Crippen LogP contribution in [0.1, 0.15) is 23.0 Å². The standard InChI is InChI=1S/C11H14N2O5S/c1-6(15)12-9-3-2-8(19-9)10(16)13-7(4-5-14)11(17)18/h2-3,7,14H,4-5H2,1H3,(H,12,15)(H,13,16)(H,17,18)/t7-/m0/s1. The number of carboxylic acid groups (broad SMARTS) is 1. The second kappa shape index (κ2) is 6.86. The van der Waals surface area contributed by atoms with Crippen molar-refractivity contribution < 1.29 is 24.6 Å². The van der Waals surface area contributed by atoms with Crippen LogP contribution >= 0.6 is 11.3 Å². The van der Waals surface area contributed by atoms with E-state index in [1.807, 2.05) is 0 Å². The van der Waals surface area contributed by atoms with E-state index in [4.69, 9.17) is 10.2 Å². The summed E-state index contributed by atoms with van der Waals surface area (Å²) in [5.41, 5.74) is 0. The van der Waals surface area contributed by atoms with E-state index in [0.29, 0.717) is 5.00 Å². The Morgan fingerprint density at radius 3 is 2.58 bits per heavy atom. The number of aliphatic carboxylic acids is 1. The fraction of sp³-hybridized carbons (Fsp3) is 0.364. The molecule has 0 unspecified atom stereocenters. The number of aliphatic hydroxyl groups is 1. The van der Waals surface area contributed by atoms with Crippen molar-refractivity contribution >= 4 is 34.1 Å². The van der Waals surface area contributed by atoms with Crippen LogP contribution in [0.25, 0.3) is 0 Å². The number of nitrogens with one attached hydrogen (secondary N) is 2. The Hall–Kier alpha value is -1.93. The summed E-state index contributed by atoms with van der Waals surface area (Å²) in [6.07, 6.45) is -0.0645. The quantitative estimate of drug-likeness (QED) is 0.599. The van der Waals surface area contributed by atoms with E-state index in [1.165, 1.54) is 13.0 Å². The molecule has 2 amide bonds. The lowest BCUT2D eigenvalue weighted by molar-refractivity contribution is -0.139. The molecule has 19 heavy (non-hydrogen) atoms. The van der Waals surface area contributed by atoms with Gasteiger partial charge in [0.05, 0.1) is 9.88 Å². The highest BCUT2D eigenvalue weighted by atomic mass is 32.1. The van der Waals surface area contributed by atoms with Gasteiger partial charge in [0, 0.05) is 20.0 Å². The number of rotatable bonds is 6.